The Morgan fingerprint density at radius 3 is 2.60 bits per heavy atom. The molecule has 1 fully saturated rings. The number of rotatable bonds is 3. The number of hydrogen-bond acceptors (Lipinski definition) is 3. The van der Waals surface area contributed by atoms with Gasteiger partial charge in [-0.05, 0) is 18.8 Å². The second-order valence-electron chi connectivity index (χ2n) is 4.58. The maximum absolute atomic E-state index is 10.9. The molecule has 2 aliphatic rings. The highest BCUT2D eigenvalue weighted by molar-refractivity contribution is 5.85. The molecule has 0 amide bonds. The van der Waals surface area contributed by atoms with Crippen LogP contribution in [0, 0.1) is 5.92 Å². The van der Waals surface area contributed by atoms with E-state index in [-0.39, 0.29) is 11.9 Å². The average Bonchev–Trinajstić information content (AvgIpc) is 2.56. The number of aliphatic hydroxyl groups is 1. The van der Waals surface area contributed by atoms with E-state index in [9.17, 15) is 9.90 Å². The standard InChI is InChI=1S/C12H18O3/c13-10-8-12(14)15-11(10)7-6-9-4-2-1-3-5-9/h8-9,11,13H,1-7H2. The van der Waals surface area contributed by atoms with E-state index in [4.69, 9.17) is 4.74 Å². The lowest BCUT2D eigenvalue weighted by Crippen LogP contribution is -2.15. The molecule has 1 aliphatic carbocycles. The fourth-order valence-electron chi connectivity index (χ4n) is 2.52. The van der Waals surface area contributed by atoms with Crippen molar-refractivity contribution in [3.63, 3.8) is 0 Å². The van der Waals surface area contributed by atoms with Gasteiger partial charge in [-0.25, -0.2) is 4.79 Å². The van der Waals surface area contributed by atoms with Gasteiger partial charge in [0, 0.05) is 0 Å². The van der Waals surface area contributed by atoms with Crippen molar-refractivity contribution in [1.29, 1.82) is 0 Å². The number of carbonyl (C=O) groups excluding carboxylic acids is 1. The van der Waals surface area contributed by atoms with Gasteiger partial charge in [0.1, 0.15) is 5.76 Å². The van der Waals surface area contributed by atoms with Crippen LogP contribution >= 0.6 is 0 Å². The van der Waals surface area contributed by atoms with Crippen molar-refractivity contribution in [2.75, 3.05) is 0 Å². The molecule has 0 spiro atoms. The number of carbonyl (C=O) groups is 1. The maximum Gasteiger partial charge on any atom is 0.335 e. The lowest BCUT2D eigenvalue weighted by Gasteiger charge is -2.22. The summed E-state index contributed by atoms with van der Waals surface area (Å²) in [5.74, 6) is 0.475. The first-order chi connectivity index (χ1) is 7.25. The Hall–Kier alpha value is -0.990. The quantitative estimate of drug-likeness (QED) is 0.728. The van der Waals surface area contributed by atoms with E-state index in [0.29, 0.717) is 0 Å². The van der Waals surface area contributed by atoms with Crippen molar-refractivity contribution < 1.29 is 14.6 Å². The Bertz CT molecular complexity index is 264. The Morgan fingerprint density at radius 2 is 2.00 bits per heavy atom. The zero-order valence-electron chi connectivity index (χ0n) is 8.95. The molecule has 0 aromatic carbocycles. The second-order valence-corrected chi connectivity index (χ2v) is 4.58. The summed E-state index contributed by atoms with van der Waals surface area (Å²) in [6.07, 6.45) is 9.28. The molecule has 1 unspecified atom stereocenters. The van der Waals surface area contributed by atoms with Crippen LogP contribution in [0.2, 0.25) is 0 Å². The summed E-state index contributed by atoms with van der Waals surface area (Å²) in [4.78, 5) is 10.9. The number of esters is 1. The summed E-state index contributed by atoms with van der Waals surface area (Å²) < 4.78 is 4.98. The summed E-state index contributed by atoms with van der Waals surface area (Å²) in [6.45, 7) is 0. The van der Waals surface area contributed by atoms with Crippen LogP contribution in [0.3, 0.4) is 0 Å². The van der Waals surface area contributed by atoms with E-state index in [1.165, 1.54) is 38.2 Å². The molecule has 2 rings (SSSR count). The monoisotopic (exact) mass is 210 g/mol. The summed E-state index contributed by atoms with van der Waals surface area (Å²) in [6, 6.07) is 0. The third-order valence-electron chi connectivity index (χ3n) is 3.42. The van der Waals surface area contributed by atoms with Crippen molar-refractivity contribution in [3.05, 3.63) is 11.8 Å². The van der Waals surface area contributed by atoms with Crippen molar-refractivity contribution in [3.8, 4) is 0 Å². The summed E-state index contributed by atoms with van der Waals surface area (Å²) in [7, 11) is 0. The largest absolute Gasteiger partial charge is 0.508 e. The van der Waals surface area contributed by atoms with Crippen LogP contribution in [0.15, 0.2) is 11.8 Å². The number of aliphatic hydroxyl groups excluding tert-OH is 1. The molecule has 1 aliphatic heterocycles. The molecule has 15 heavy (non-hydrogen) atoms. The van der Waals surface area contributed by atoms with Crippen molar-refractivity contribution >= 4 is 5.97 Å². The Morgan fingerprint density at radius 1 is 1.27 bits per heavy atom. The predicted molar refractivity (Wildman–Crippen MR) is 56.4 cm³/mol. The summed E-state index contributed by atoms with van der Waals surface area (Å²) in [5.41, 5.74) is 0. The fourth-order valence-corrected chi connectivity index (χ4v) is 2.52. The molecule has 1 heterocycles. The lowest BCUT2D eigenvalue weighted by molar-refractivity contribution is -0.139. The van der Waals surface area contributed by atoms with Crippen molar-refractivity contribution in [2.45, 2.75) is 51.0 Å². The van der Waals surface area contributed by atoms with Crippen molar-refractivity contribution in [1.82, 2.24) is 0 Å². The molecule has 0 bridgehead atoms. The summed E-state index contributed by atoms with van der Waals surface area (Å²) >= 11 is 0. The van der Waals surface area contributed by atoms with Crippen LogP contribution in [-0.2, 0) is 9.53 Å². The fraction of sp³-hybridized carbons (Fsp3) is 0.750. The molecular formula is C12H18O3. The Labute approximate surface area is 90.1 Å². The van der Waals surface area contributed by atoms with Crippen LogP contribution in [0.4, 0.5) is 0 Å². The Kier molecular flexibility index (Phi) is 3.29. The van der Waals surface area contributed by atoms with Gasteiger partial charge in [0.15, 0.2) is 6.10 Å². The molecule has 84 valence electrons. The van der Waals surface area contributed by atoms with Crippen molar-refractivity contribution in [2.24, 2.45) is 5.92 Å². The highest BCUT2D eigenvalue weighted by atomic mass is 16.6. The molecule has 3 heteroatoms. The lowest BCUT2D eigenvalue weighted by atomic mass is 9.85. The minimum absolute atomic E-state index is 0.107. The van der Waals surface area contributed by atoms with Gasteiger partial charge in [-0.1, -0.05) is 32.1 Å². The van der Waals surface area contributed by atoms with Gasteiger partial charge in [0.2, 0.25) is 0 Å². The first kappa shape index (κ1) is 10.5. The molecule has 0 aromatic heterocycles. The van der Waals surface area contributed by atoms with Crippen LogP contribution in [0.25, 0.3) is 0 Å². The first-order valence-corrected chi connectivity index (χ1v) is 5.87. The third-order valence-corrected chi connectivity index (χ3v) is 3.42. The van der Waals surface area contributed by atoms with Crippen LogP contribution in [0.1, 0.15) is 44.9 Å². The summed E-state index contributed by atoms with van der Waals surface area (Å²) in [5, 5.41) is 9.40. The van der Waals surface area contributed by atoms with Crippen LogP contribution < -0.4 is 0 Å². The van der Waals surface area contributed by atoms with Gasteiger partial charge >= 0.3 is 5.97 Å². The van der Waals surface area contributed by atoms with E-state index >= 15 is 0 Å². The normalized spacial score (nSPS) is 27.6. The minimum Gasteiger partial charge on any atom is -0.508 e. The topological polar surface area (TPSA) is 46.5 Å². The maximum atomic E-state index is 10.9. The zero-order chi connectivity index (χ0) is 10.7. The van der Waals surface area contributed by atoms with E-state index in [1.807, 2.05) is 0 Å². The van der Waals surface area contributed by atoms with Gasteiger partial charge in [-0.15, -0.1) is 0 Å². The Balaban J connectivity index is 1.73. The predicted octanol–water partition coefficient (Wildman–Crippen LogP) is 2.71. The molecule has 1 N–H and O–H groups in total. The molecule has 1 atom stereocenters. The van der Waals surface area contributed by atoms with E-state index in [1.54, 1.807) is 0 Å². The number of hydrogen-bond donors (Lipinski definition) is 1. The van der Waals surface area contributed by atoms with Gasteiger partial charge in [-0.3, -0.25) is 0 Å². The number of ether oxygens (including phenoxy) is 1. The SMILES string of the molecule is O=C1C=C(O)C(CCC2CCCCC2)O1. The molecule has 0 radical (unpaired) electrons. The zero-order valence-corrected chi connectivity index (χ0v) is 8.95. The average molecular weight is 210 g/mol. The van der Waals surface area contributed by atoms with E-state index in [0.717, 1.165) is 18.8 Å². The van der Waals surface area contributed by atoms with Gasteiger partial charge < -0.3 is 9.84 Å². The van der Waals surface area contributed by atoms with E-state index in [2.05, 4.69) is 0 Å². The van der Waals surface area contributed by atoms with Gasteiger partial charge in [-0.2, -0.15) is 0 Å². The second kappa shape index (κ2) is 4.69. The van der Waals surface area contributed by atoms with Crippen LogP contribution in [-0.4, -0.2) is 17.2 Å². The first-order valence-electron chi connectivity index (χ1n) is 5.87. The highest BCUT2D eigenvalue weighted by Crippen LogP contribution is 2.29. The molecule has 0 aromatic rings. The highest BCUT2D eigenvalue weighted by Gasteiger charge is 2.26. The van der Waals surface area contributed by atoms with Crippen LogP contribution in [0.5, 0.6) is 0 Å². The van der Waals surface area contributed by atoms with Gasteiger partial charge in [0.05, 0.1) is 6.08 Å². The van der Waals surface area contributed by atoms with E-state index < -0.39 is 5.97 Å². The minimum atomic E-state index is -0.402. The smallest absolute Gasteiger partial charge is 0.335 e. The molecule has 0 saturated heterocycles. The molecule has 3 nitrogen and oxygen atoms in total. The molecular weight excluding hydrogens is 192 g/mol. The molecule has 1 saturated carbocycles. The number of cyclic esters (lactones) is 1. The third kappa shape index (κ3) is 2.74. The van der Waals surface area contributed by atoms with Gasteiger partial charge in [0.25, 0.3) is 0 Å².